The molecule has 2 aromatic heterocycles. The minimum Gasteiger partial charge on any atom is -0.443 e. The largest absolute Gasteiger partial charge is 0.443 e. The normalized spacial score (nSPS) is 27.4. The van der Waals surface area contributed by atoms with E-state index in [1.807, 2.05) is 32.9 Å². The number of nitrogens with zero attached hydrogens (tertiary/aromatic N) is 4. The molecule has 8 heteroatoms. The molecule has 0 aromatic carbocycles. The molecular formula is C24H31BrN4O3. The van der Waals surface area contributed by atoms with Gasteiger partial charge in [0.25, 0.3) is 0 Å². The number of hydrogen-bond acceptors (Lipinski definition) is 6. The van der Waals surface area contributed by atoms with Crippen LogP contribution >= 0.6 is 15.9 Å². The van der Waals surface area contributed by atoms with E-state index in [9.17, 15) is 4.79 Å². The van der Waals surface area contributed by atoms with Gasteiger partial charge in [0, 0.05) is 28.5 Å². The summed E-state index contributed by atoms with van der Waals surface area (Å²) in [4.78, 5) is 24.2. The molecule has 0 unspecified atom stereocenters. The van der Waals surface area contributed by atoms with Crippen molar-refractivity contribution >= 4 is 27.8 Å². The Balaban J connectivity index is 1.35. The lowest BCUT2D eigenvalue weighted by atomic mass is 9.53. The zero-order chi connectivity index (χ0) is 22.6. The highest BCUT2D eigenvalue weighted by atomic mass is 79.9. The fourth-order valence-electron chi connectivity index (χ4n) is 5.21. The average molecular weight is 503 g/mol. The van der Waals surface area contributed by atoms with Crippen molar-refractivity contribution in [1.29, 1.82) is 0 Å². The molecule has 4 aliphatic rings. The van der Waals surface area contributed by atoms with E-state index in [1.54, 1.807) is 11.1 Å². The number of rotatable bonds is 5. The van der Waals surface area contributed by atoms with Crippen molar-refractivity contribution in [3.63, 3.8) is 0 Å². The maximum Gasteiger partial charge on any atom is 0.416 e. The first-order valence-electron chi connectivity index (χ1n) is 11.6. The highest BCUT2D eigenvalue weighted by Gasteiger charge is 2.53. The Hall–Kier alpha value is -1.96. The van der Waals surface area contributed by atoms with E-state index in [2.05, 4.69) is 26.1 Å². The first kappa shape index (κ1) is 21.9. The summed E-state index contributed by atoms with van der Waals surface area (Å²) in [7, 11) is 0. The summed E-state index contributed by atoms with van der Waals surface area (Å²) in [6, 6.07) is 3.75. The lowest BCUT2D eigenvalue weighted by Crippen LogP contribution is -2.51. The zero-order valence-electron chi connectivity index (χ0n) is 19.1. The van der Waals surface area contributed by atoms with E-state index in [1.165, 1.54) is 12.8 Å². The van der Waals surface area contributed by atoms with E-state index >= 15 is 0 Å². The van der Waals surface area contributed by atoms with Gasteiger partial charge in [0.2, 0.25) is 5.89 Å². The first-order chi connectivity index (χ1) is 15.2. The van der Waals surface area contributed by atoms with Crippen LogP contribution in [0, 0.1) is 5.41 Å². The summed E-state index contributed by atoms with van der Waals surface area (Å²) in [6.45, 7) is 6.29. The average Bonchev–Trinajstić information content (AvgIpc) is 3.48. The van der Waals surface area contributed by atoms with E-state index in [0.29, 0.717) is 18.3 Å². The molecule has 0 saturated heterocycles. The van der Waals surface area contributed by atoms with E-state index in [0.717, 1.165) is 54.7 Å². The molecule has 32 heavy (non-hydrogen) atoms. The van der Waals surface area contributed by atoms with Crippen molar-refractivity contribution in [3.05, 3.63) is 34.5 Å². The van der Waals surface area contributed by atoms with Crippen LogP contribution in [0.2, 0.25) is 0 Å². The predicted octanol–water partition coefficient (Wildman–Crippen LogP) is 6.14. The molecule has 6 rings (SSSR count). The monoisotopic (exact) mass is 502 g/mol. The number of anilines is 1. The van der Waals surface area contributed by atoms with Crippen LogP contribution in [0.4, 0.5) is 10.6 Å². The third-order valence-electron chi connectivity index (χ3n) is 7.33. The molecule has 2 bridgehead atoms. The molecule has 172 valence electrons. The van der Waals surface area contributed by atoms with Crippen molar-refractivity contribution in [2.45, 2.75) is 89.1 Å². The molecule has 4 aliphatic carbocycles. The maximum absolute atomic E-state index is 13.2. The second-order valence-electron chi connectivity index (χ2n) is 10.9. The number of pyridine rings is 1. The lowest BCUT2D eigenvalue weighted by molar-refractivity contribution is 0.0218. The van der Waals surface area contributed by atoms with Crippen LogP contribution in [0.3, 0.4) is 0 Å². The van der Waals surface area contributed by atoms with Crippen molar-refractivity contribution in [2.75, 3.05) is 11.4 Å². The van der Waals surface area contributed by atoms with Gasteiger partial charge in [-0.1, -0.05) is 21.1 Å². The maximum atomic E-state index is 13.2. The zero-order valence-corrected chi connectivity index (χ0v) is 20.7. The molecule has 0 spiro atoms. The van der Waals surface area contributed by atoms with Gasteiger partial charge in [-0.05, 0) is 89.7 Å². The number of amides is 1. The molecule has 2 aromatic rings. The third kappa shape index (κ3) is 4.30. The fourth-order valence-corrected chi connectivity index (χ4v) is 5.53. The van der Waals surface area contributed by atoms with Gasteiger partial charge in [-0.15, -0.1) is 0 Å². The number of carbonyl (C=O) groups is 1. The topological polar surface area (TPSA) is 81.4 Å². The third-order valence-corrected chi connectivity index (χ3v) is 7.82. The van der Waals surface area contributed by atoms with Crippen LogP contribution in [0.1, 0.15) is 89.8 Å². The van der Waals surface area contributed by atoms with Crippen molar-refractivity contribution in [3.8, 4) is 0 Å². The van der Waals surface area contributed by atoms with Crippen LogP contribution < -0.4 is 4.90 Å². The van der Waals surface area contributed by atoms with E-state index in [4.69, 9.17) is 14.2 Å². The summed E-state index contributed by atoms with van der Waals surface area (Å²) in [5, 5.41) is 4.27. The molecule has 2 heterocycles. The molecular weight excluding hydrogens is 472 g/mol. The predicted molar refractivity (Wildman–Crippen MR) is 124 cm³/mol. The highest BCUT2D eigenvalue weighted by Crippen LogP contribution is 2.58. The van der Waals surface area contributed by atoms with Crippen LogP contribution in [0.25, 0.3) is 0 Å². The molecule has 0 radical (unpaired) electrons. The molecule has 0 atom stereocenters. The van der Waals surface area contributed by atoms with Gasteiger partial charge in [0.15, 0.2) is 5.82 Å². The number of ether oxygens (including phenoxy) is 1. The van der Waals surface area contributed by atoms with E-state index < -0.39 is 5.60 Å². The van der Waals surface area contributed by atoms with Gasteiger partial charge in [0.05, 0.1) is 0 Å². The quantitative estimate of drug-likeness (QED) is 0.488. The van der Waals surface area contributed by atoms with Gasteiger partial charge in [-0.25, -0.2) is 9.78 Å². The molecule has 4 saturated carbocycles. The van der Waals surface area contributed by atoms with Gasteiger partial charge < -0.3 is 9.26 Å². The van der Waals surface area contributed by atoms with Crippen molar-refractivity contribution in [1.82, 2.24) is 15.1 Å². The van der Waals surface area contributed by atoms with Gasteiger partial charge in [-0.3, -0.25) is 4.90 Å². The second-order valence-corrected chi connectivity index (χ2v) is 11.8. The molecule has 4 fully saturated rings. The number of carbonyl (C=O) groups excluding carboxylic acids is 1. The SMILES string of the molecule is CC(C)(C)OC(=O)N(CC12CCC(c3nc(C4CC4)no3)(CC1)CC2)c1cc(Br)ccn1. The number of fused-ring (bicyclic) bond motifs is 3. The van der Waals surface area contributed by atoms with Gasteiger partial charge >= 0.3 is 6.09 Å². The van der Waals surface area contributed by atoms with Crippen molar-refractivity contribution < 1.29 is 14.1 Å². The minimum atomic E-state index is -0.565. The number of aromatic nitrogens is 3. The Morgan fingerprint density at radius 1 is 1.22 bits per heavy atom. The molecule has 1 amide bonds. The first-order valence-corrected chi connectivity index (χ1v) is 12.4. The van der Waals surface area contributed by atoms with Crippen LogP contribution in [0.15, 0.2) is 27.3 Å². The van der Waals surface area contributed by atoms with Gasteiger partial charge in [0.1, 0.15) is 11.4 Å². The molecule has 0 aliphatic heterocycles. The van der Waals surface area contributed by atoms with Crippen LogP contribution in [-0.4, -0.2) is 33.4 Å². The summed E-state index contributed by atoms with van der Waals surface area (Å²) >= 11 is 3.51. The fraction of sp³-hybridized carbons (Fsp3) is 0.667. The standard InChI is InChI=1S/C24H31BrN4O3/c1-22(2,3)31-21(30)29(18-14-17(25)6-13-26-18)15-23-7-10-24(11-8-23,12-9-23)20-27-19(28-32-20)16-4-5-16/h6,13-14,16H,4-5,7-12,15H2,1-3H3. The summed E-state index contributed by atoms with van der Waals surface area (Å²) in [5.74, 6) is 2.87. The lowest BCUT2D eigenvalue weighted by Gasteiger charge is -2.52. The summed E-state index contributed by atoms with van der Waals surface area (Å²) < 4.78 is 12.4. The minimum absolute atomic E-state index is 0.00661. The number of hydrogen-bond donors (Lipinski definition) is 0. The smallest absolute Gasteiger partial charge is 0.416 e. The van der Waals surface area contributed by atoms with Crippen LogP contribution in [0.5, 0.6) is 0 Å². The Bertz CT molecular complexity index is 986. The Kier molecular flexibility index (Phi) is 5.34. The second kappa shape index (κ2) is 7.82. The molecule has 7 nitrogen and oxygen atoms in total. The Labute approximate surface area is 197 Å². The Morgan fingerprint density at radius 3 is 2.50 bits per heavy atom. The Morgan fingerprint density at radius 2 is 1.91 bits per heavy atom. The summed E-state index contributed by atoms with van der Waals surface area (Å²) in [6.07, 6.45) is 9.89. The van der Waals surface area contributed by atoms with Crippen molar-refractivity contribution in [2.24, 2.45) is 5.41 Å². The summed E-state index contributed by atoms with van der Waals surface area (Å²) in [5.41, 5.74) is -0.501. The van der Waals surface area contributed by atoms with Crippen LogP contribution in [-0.2, 0) is 10.2 Å². The van der Waals surface area contributed by atoms with E-state index in [-0.39, 0.29) is 16.9 Å². The number of halogens is 1. The molecule has 0 N–H and O–H groups in total. The van der Waals surface area contributed by atoms with Gasteiger partial charge in [-0.2, -0.15) is 4.98 Å². The highest BCUT2D eigenvalue weighted by molar-refractivity contribution is 9.10.